The Bertz CT molecular complexity index is 365. The highest BCUT2D eigenvalue weighted by atomic mass is 79.9. The molecule has 0 aliphatic heterocycles. The number of rotatable bonds is 3. The van der Waals surface area contributed by atoms with Gasteiger partial charge in [0.15, 0.2) is 0 Å². The summed E-state index contributed by atoms with van der Waals surface area (Å²) < 4.78 is 5.22. The summed E-state index contributed by atoms with van der Waals surface area (Å²) in [4.78, 5) is 21.2. The van der Waals surface area contributed by atoms with Gasteiger partial charge in [0.25, 0.3) is 0 Å². The van der Waals surface area contributed by atoms with Gasteiger partial charge in [-0.05, 0) is 18.2 Å². The van der Waals surface area contributed by atoms with Gasteiger partial charge in [0.05, 0.1) is 12.7 Å². The largest absolute Gasteiger partial charge is 0.465 e. The van der Waals surface area contributed by atoms with E-state index in [2.05, 4.69) is 26.0 Å². The summed E-state index contributed by atoms with van der Waals surface area (Å²) in [6.45, 7) is 0. The van der Waals surface area contributed by atoms with Crippen molar-refractivity contribution in [2.24, 2.45) is 0 Å². The smallest absolute Gasteiger partial charge is 0.337 e. The van der Waals surface area contributed by atoms with E-state index in [-0.39, 0.29) is 0 Å². The number of nitrogens with one attached hydrogen (secondary N) is 1. The molecule has 1 aromatic carbocycles. The second-order valence-electron chi connectivity index (χ2n) is 2.45. The first-order valence-corrected chi connectivity index (χ1v) is 4.48. The Balaban J connectivity index is 3.06. The van der Waals surface area contributed by atoms with Crippen LogP contribution in [0.4, 0.5) is 5.69 Å². The van der Waals surface area contributed by atoms with E-state index in [0.717, 1.165) is 0 Å². The van der Waals surface area contributed by atoms with E-state index < -0.39 is 5.97 Å². The van der Waals surface area contributed by atoms with Crippen LogP contribution in [0.15, 0.2) is 22.7 Å². The highest BCUT2D eigenvalue weighted by Gasteiger charge is 2.07. The predicted molar refractivity (Wildman–Crippen MR) is 54.8 cm³/mol. The van der Waals surface area contributed by atoms with Crippen molar-refractivity contribution < 1.29 is 14.3 Å². The lowest BCUT2D eigenvalue weighted by Crippen LogP contribution is -2.03. The number of methoxy groups -OCH3 is 1. The summed E-state index contributed by atoms with van der Waals surface area (Å²) >= 11 is 3.20. The third-order valence-electron chi connectivity index (χ3n) is 1.51. The van der Waals surface area contributed by atoms with Crippen molar-refractivity contribution in [2.75, 3.05) is 12.4 Å². The lowest BCUT2D eigenvalue weighted by Gasteiger charge is -2.03. The molecule has 1 rings (SSSR count). The predicted octanol–water partition coefficient (Wildman–Crippen LogP) is 1.71. The molecule has 0 aliphatic rings. The van der Waals surface area contributed by atoms with Crippen LogP contribution in [0, 0.1) is 0 Å². The highest BCUT2D eigenvalue weighted by Crippen LogP contribution is 2.19. The number of carbonyl (C=O) groups is 1. The number of carbonyl (C=O) groups excluding carboxylic acids is 2. The lowest BCUT2D eigenvalue weighted by atomic mass is 10.2. The quantitative estimate of drug-likeness (QED) is 0.662. The maximum Gasteiger partial charge on any atom is 0.337 e. The van der Waals surface area contributed by atoms with Crippen molar-refractivity contribution >= 4 is 34.0 Å². The molecule has 0 atom stereocenters. The molecule has 4 nitrogen and oxygen atoms in total. The molecule has 1 aromatic rings. The van der Waals surface area contributed by atoms with Crippen molar-refractivity contribution in [3.05, 3.63) is 28.2 Å². The number of ether oxygens (including phenoxy) is 1. The summed E-state index contributed by atoms with van der Waals surface area (Å²) in [5.74, 6) is -0.458. The fraction of sp³-hybridized carbons (Fsp3) is 0.111. The zero-order valence-corrected chi connectivity index (χ0v) is 8.92. The van der Waals surface area contributed by atoms with Gasteiger partial charge >= 0.3 is 12.4 Å². The molecule has 0 bridgehead atoms. The Morgan fingerprint density at radius 1 is 1.50 bits per heavy atom. The standard InChI is InChI=1S/C9H7BrNO3/c1-14-9(13)6-2-7(10)4-8(3-6)11-5-12/h2-4H,1H3,(H,11,12). The maximum absolute atomic E-state index is 11.2. The van der Waals surface area contributed by atoms with Crippen LogP contribution in [0.1, 0.15) is 10.4 Å². The van der Waals surface area contributed by atoms with Gasteiger partial charge in [0, 0.05) is 10.2 Å². The van der Waals surface area contributed by atoms with Gasteiger partial charge < -0.3 is 10.1 Å². The highest BCUT2D eigenvalue weighted by molar-refractivity contribution is 9.10. The zero-order chi connectivity index (χ0) is 10.6. The fourth-order valence-corrected chi connectivity index (χ4v) is 1.45. The Labute approximate surface area is 89.4 Å². The van der Waals surface area contributed by atoms with Crippen LogP contribution < -0.4 is 5.32 Å². The van der Waals surface area contributed by atoms with Crippen LogP contribution >= 0.6 is 15.9 Å². The van der Waals surface area contributed by atoms with E-state index in [1.807, 2.05) is 0 Å². The zero-order valence-electron chi connectivity index (χ0n) is 7.33. The van der Waals surface area contributed by atoms with Crippen LogP contribution in [0.3, 0.4) is 0 Å². The van der Waals surface area contributed by atoms with Crippen LogP contribution in [0.2, 0.25) is 0 Å². The van der Waals surface area contributed by atoms with Gasteiger partial charge in [-0.15, -0.1) is 0 Å². The van der Waals surface area contributed by atoms with Crippen molar-refractivity contribution in [3.8, 4) is 0 Å². The minimum Gasteiger partial charge on any atom is -0.465 e. The van der Waals surface area contributed by atoms with E-state index in [4.69, 9.17) is 0 Å². The van der Waals surface area contributed by atoms with Crippen LogP contribution in [0.5, 0.6) is 0 Å². The Kier molecular flexibility index (Phi) is 3.64. The molecule has 1 radical (unpaired) electrons. The maximum atomic E-state index is 11.2. The second-order valence-corrected chi connectivity index (χ2v) is 3.36. The molecule has 0 spiro atoms. The number of benzene rings is 1. The molecule has 0 fully saturated rings. The summed E-state index contributed by atoms with van der Waals surface area (Å²) in [7, 11) is 1.29. The van der Waals surface area contributed by atoms with Gasteiger partial charge in [-0.25, -0.2) is 4.79 Å². The summed E-state index contributed by atoms with van der Waals surface area (Å²) in [5.41, 5.74) is 0.842. The SMILES string of the molecule is COC(=O)c1cc(Br)cc(N[C]=O)c1. The second kappa shape index (κ2) is 4.76. The molecule has 14 heavy (non-hydrogen) atoms. The first-order chi connectivity index (χ1) is 6.67. The van der Waals surface area contributed by atoms with Gasteiger partial charge in [0.1, 0.15) is 0 Å². The molecule has 1 amide bonds. The van der Waals surface area contributed by atoms with E-state index in [1.165, 1.54) is 19.6 Å². The molecular formula is C9H7BrNO3. The van der Waals surface area contributed by atoms with Gasteiger partial charge in [-0.3, -0.25) is 4.79 Å². The Hall–Kier alpha value is -1.36. The molecule has 1 N–H and O–H groups in total. The summed E-state index contributed by atoms with van der Waals surface area (Å²) in [6.07, 6.45) is 1.52. The summed E-state index contributed by atoms with van der Waals surface area (Å²) in [5, 5.41) is 2.32. The van der Waals surface area contributed by atoms with Crippen molar-refractivity contribution in [1.82, 2.24) is 0 Å². The van der Waals surface area contributed by atoms with Crippen LogP contribution in [-0.2, 0) is 9.53 Å². The van der Waals surface area contributed by atoms with Crippen LogP contribution in [-0.4, -0.2) is 19.5 Å². The topological polar surface area (TPSA) is 55.4 Å². The number of hydrogen-bond acceptors (Lipinski definition) is 3. The third-order valence-corrected chi connectivity index (χ3v) is 1.97. The van der Waals surface area contributed by atoms with Gasteiger partial charge in [-0.2, -0.15) is 0 Å². The molecule has 0 heterocycles. The normalized spacial score (nSPS) is 9.29. The van der Waals surface area contributed by atoms with Crippen molar-refractivity contribution in [1.29, 1.82) is 0 Å². The molecular weight excluding hydrogens is 250 g/mol. The molecule has 0 aliphatic carbocycles. The number of halogens is 1. The molecule has 5 heteroatoms. The Morgan fingerprint density at radius 2 is 2.21 bits per heavy atom. The van der Waals surface area contributed by atoms with E-state index in [0.29, 0.717) is 15.7 Å². The van der Waals surface area contributed by atoms with Crippen molar-refractivity contribution in [2.45, 2.75) is 0 Å². The van der Waals surface area contributed by atoms with E-state index in [1.54, 1.807) is 12.1 Å². The van der Waals surface area contributed by atoms with Crippen molar-refractivity contribution in [3.63, 3.8) is 0 Å². The third kappa shape index (κ3) is 2.56. The molecule has 73 valence electrons. The van der Waals surface area contributed by atoms with Crippen LogP contribution in [0.25, 0.3) is 0 Å². The minimum atomic E-state index is -0.458. The lowest BCUT2D eigenvalue weighted by molar-refractivity contribution is 0.0600. The average molecular weight is 257 g/mol. The first kappa shape index (κ1) is 10.7. The summed E-state index contributed by atoms with van der Waals surface area (Å²) in [6, 6.07) is 4.75. The molecule has 0 saturated heterocycles. The number of amides is 1. The van der Waals surface area contributed by atoms with Gasteiger partial charge in [0.2, 0.25) is 0 Å². The number of hydrogen-bond donors (Lipinski definition) is 1. The monoisotopic (exact) mass is 256 g/mol. The molecule has 0 aromatic heterocycles. The fourth-order valence-electron chi connectivity index (χ4n) is 0.956. The number of esters is 1. The number of anilines is 1. The van der Waals surface area contributed by atoms with E-state index >= 15 is 0 Å². The van der Waals surface area contributed by atoms with Gasteiger partial charge in [-0.1, -0.05) is 15.9 Å². The average Bonchev–Trinajstić information content (AvgIpc) is 2.16. The molecule has 0 saturated carbocycles. The Morgan fingerprint density at radius 3 is 2.79 bits per heavy atom. The minimum absolute atomic E-state index is 0.361. The van der Waals surface area contributed by atoms with E-state index in [9.17, 15) is 9.59 Å². The first-order valence-electron chi connectivity index (χ1n) is 3.69. The molecule has 0 unspecified atom stereocenters.